The van der Waals surface area contributed by atoms with Crippen molar-refractivity contribution in [3.05, 3.63) is 258 Å². The van der Waals surface area contributed by atoms with Gasteiger partial charge >= 0.3 is 0 Å². The normalized spacial score (nSPS) is 14.2. The Kier molecular flexibility index (Phi) is 7.89. The van der Waals surface area contributed by atoms with Gasteiger partial charge < -0.3 is 4.90 Å². The number of fused-ring (bicyclic) bond motifs is 17. The maximum Gasteiger partial charge on any atom is 0.0726 e. The van der Waals surface area contributed by atoms with Gasteiger partial charge in [-0.2, -0.15) is 0 Å². The molecule has 0 unspecified atom stereocenters. The van der Waals surface area contributed by atoms with Crippen LogP contribution in [0.15, 0.2) is 224 Å². The average Bonchev–Trinajstić information content (AvgIpc) is 4.07. The van der Waals surface area contributed by atoms with E-state index in [1.54, 1.807) is 0 Å². The lowest BCUT2D eigenvalue weighted by atomic mass is 9.70. The van der Waals surface area contributed by atoms with Gasteiger partial charge in [-0.15, -0.1) is 11.3 Å². The van der Waals surface area contributed by atoms with E-state index in [4.69, 9.17) is 0 Å². The van der Waals surface area contributed by atoms with Crippen LogP contribution in [0.25, 0.3) is 75.8 Å². The molecule has 10 aromatic carbocycles. The van der Waals surface area contributed by atoms with Gasteiger partial charge in [-0.25, -0.2) is 0 Å². The fourth-order valence-corrected chi connectivity index (χ4v) is 13.6. The fourth-order valence-electron chi connectivity index (χ4n) is 12.2. The predicted molar refractivity (Wildman–Crippen MR) is 279 cm³/mol. The van der Waals surface area contributed by atoms with Crippen LogP contribution < -0.4 is 4.90 Å². The van der Waals surface area contributed by atoms with E-state index in [1.807, 2.05) is 11.3 Å². The lowest BCUT2D eigenvalue weighted by Gasteiger charge is -2.33. The summed E-state index contributed by atoms with van der Waals surface area (Å²) < 4.78 is 2.60. The minimum Gasteiger partial charge on any atom is -0.309 e. The Balaban J connectivity index is 1.13. The van der Waals surface area contributed by atoms with E-state index < -0.39 is 5.41 Å². The zero-order valence-corrected chi connectivity index (χ0v) is 37.5. The summed E-state index contributed by atoms with van der Waals surface area (Å²) in [4.78, 5) is 2.58. The Hall–Kier alpha value is -7.78. The zero-order valence-electron chi connectivity index (χ0n) is 36.7. The molecule has 11 aromatic rings. The molecule has 1 spiro atoms. The molecule has 0 radical (unpaired) electrons. The highest BCUT2D eigenvalue weighted by molar-refractivity contribution is 7.27. The summed E-state index contributed by atoms with van der Waals surface area (Å²) in [6.07, 6.45) is 0. The quantitative estimate of drug-likeness (QED) is 0.167. The van der Waals surface area contributed by atoms with Gasteiger partial charge in [-0.3, -0.25) is 0 Å². The highest BCUT2D eigenvalue weighted by atomic mass is 32.1. The second-order valence-electron chi connectivity index (χ2n) is 18.7. The third kappa shape index (κ3) is 5.00. The highest BCUT2D eigenvalue weighted by Gasteiger charge is 2.52. The standard InChI is InChI=1S/C64H43NS/c1-63(2)52-28-13-9-22-46(52)49-37-36-44(38-56(49)63)65(43-34-32-41(33-35-43)40-18-5-3-6-19-40)58-39-57-59(60-51-27-17-26-45(61(51)66-62(58)60)42-20-7-4-8-21-42)50-25-12-16-31-55(50)64(57)53-29-14-10-23-47(53)48-24-11-15-30-54(48)64/h3-39H,1-2H3. The molecule has 0 fully saturated rings. The van der Waals surface area contributed by atoms with E-state index in [9.17, 15) is 0 Å². The number of hydrogen-bond acceptors (Lipinski definition) is 2. The van der Waals surface area contributed by atoms with Gasteiger partial charge in [0.1, 0.15) is 0 Å². The largest absolute Gasteiger partial charge is 0.309 e. The summed E-state index contributed by atoms with van der Waals surface area (Å²) >= 11 is 1.94. The van der Waals surface area contributed by atoms with Crippen LogP contribution in [0.3, 0.4) is 0 Å². The number of anilines is 3. The molecule has 2 heteroatoms. The van der Waals surface area contributed by atoms with Crippen molar-refractivity contribution in [2.75, 3.05) is 4.90 Å². The molecule has 0 amide bonds. The van der Waals surface area contributed by atoms with E-state index >= 15 is 0 Å². The van der Waals surface area contributed by atoms with Crippen LogP contribution in [0, 0.1) is 0 Å². The molecular formula is C64H43NS. The van der Waals surface area contributed by atoms with Crippen LogP contribution in [0.2, 0.25) is 0 Å². The lowest BCUT2D eigenvalue weighted by molar-refractivity contribution is 0.660. The smallest absolute Gasteiger partial charge is 0.0726 e. The molecular weight excluding hydrogens is 815 g/mol. The molecule has 1 aromatic heterocycles. The minimum atomic E-state index is -0.516. The van der Waals surface area contributed by atoms with E-state index in [2.05, 4.69) is 243 Å². The summed E-state index contributed by atoms with van der Waals surface area (Å²) in [5, 5.41) is 2.62. The van der Waals surface area contributed by atoms with E-state index in [-0.39, 0.29) is 5.41 Å². The molecule has 0 bridgehead atoms. The molecule has 3 aliphatic carbocycles. The SMILES string of the molecule is CC1(C)c2ccccc2-c2ccc(N(c3ccc(-c4ccccc4)cc3)c3cc4c(c5c3sc3c(-c6ccccc6)cccc35)-c3ccccc3C43c4ccccc4-c4ccccc43)cc21. The first-order valence-corrected chi connectivity index (χ1v) is 23.9. The predicted octanol–water partition coefficient (Wildman–Crippen LogP) is 17.5. The summed E-state index contributed by atoms with van der Waals surface area (Å²) in [6, 6.07) is 84.4. The number of nitrogens with zero attached hydrogens (tertiary/aromatic N) is 1. The van der Waals surface area contributed by atoms with Crippen molar-refractivity contribution in [2.45, 2.75) is 24.7 Å². The fraction of sp³-hybridized carbons (Fsp3) is 0.0625. The Labute approximate surface area is 389 Å². The number of hydrogen-bond donors (Lipinski definition) is 0. The number of benzene rings is 10. The van der Waals surface area contributed by atoms with Crippen molar-refractivity contribution in [3.63, 3.8) is 0 Å². The zero-order chi connectivity index (χ0) is 43.7. The van der Waals surface area contributed by atoms with Crippen LogP contribution >= 0.6 is 11.3 Å². The Morgan fingerprint density at radius 1 is 0.348 bits per heavy atom. The van der Waals surface area contributed by atoms with Gasteiger partial charge in [0.15, 0.2) is 0 Å². The molecule has 0 N–H and O–H groups in total. The molecule has 0 aliphatic heterocycles. The summed E-state index contributed by atoms with van der Waals surface area (Å²) in [7, 11) is 0. The van der Waals surface area contributed by atoms with Gasteiger partial charge in [0.25, 0.3) is 0 Å². The second-order valence-corrected chi connectivity index (χ2v) is 19.7. The van der Waals surface area contributed by atoms with Gasteiger partial charge in [0.2, 0.25) is 0 Å². The van der Waals surface area contributed by atoms with Crippen molar-refractivity contribution in [1.82, 2.24) is 0 Å². The second kappa shape index (κ2) is 13.9. The highest BCUT2D eigenvalue weighted by Crippen LogP contribution is 2.66. The van der Waals surface area contributed by atoms with Gasteiger partial charge in [0.05, 0.1) is 15.8 Å². The van der Waals surface area contributed by atoms with Crippen LogP contribution in [-0.4, -0.2) is 0 Å². The van der Waals surface area contributed by atoms with E-state index in [0.717, 1.165) is 11.4 Å². The van der Waals surface area contributed by atoms with Crippen molar-refractivity contribution >= 4 is 48.6 Å². The molecule has 14 rings (SSSR count). The van der Waals surface area contributed by atoms with E-state index in [1.165, 1.54) is 115 Å². The maximum atomic E-state index is 2.60. The van der Waals surface area contributed by atoms with Crippen LogP contribution in [0.5, 0.6) is 0 Å². The Morgan fingerprint density at radius 3 is 1.52 bits per heavy atom. The summed E-state index contributed by atoms with van der Waals surface area (Å²) in [5.74, 6) is 0. The first-order valence-electron chi connectivity index (χ1n) is 23.1. The Bertz CT molecular complexity index is 3740. The maximum absolute atomic E-state index is 2.60. The topological polar surface area (TPSA) is 3.24 Å². The first kappa shape index (κ1) is 37.6. The summed E-state index contributed by atoms with van der Waals surface area (Å²) in [6.45, 7) is 4.78. The van der Waals surface area contributed by atoms with Crippen molar-refractivity contribution in [2.24, 2.45) is 0 Å². The molecule has 1 heterocycles. The van der Waals surface area contributed by atoms with E-state index in [0.29, 0.717) is 0 Å². The van der Waals surface area contributed by atoms with Gasteiger partial charge in [-0.05, 0) is 119 Å². The van der Waals surface area contributed by atoms with Crippen molar-refractivity contribution in [1.29, 1.82) is 0 Å². The molecule has 0 atom stereocenters. The first-order chi connectivity index (χ1) is 32.5. The molecule has 0 saturated carbocycles. The van der Waals surface area contributed by atoms with Crippen LogP contribution in [0.4, 0.5) is 17.1 Å². The monoisotopic (exact) mass is 857 g/mol. The third-order valence-corrected chi connectivity index (χ3v) is 16.4. The molecule has 0 saturated heterocycles. The third-order valence-electron chi connectivity index (χ3n) is 15.1. The Morgan fingerprint density at radius 2 is 0.848 bits per heavy atom. The lowest BCUT2D eigenvalue weighted by Crippen LogP contribution is -2.26. The van der Waals surface area contributed by atoms with Crippen LogP contribution in [-0.2, 0) is 10.8 Å². The van der Waals surface area contributed by atoms with Gasteiger partial charge in [0, 0.05) is 32.3 Å². The minimum absolute atomic E-state index is 0.163. The molecule has 3 aliphatic rings. The molecule has 1 nitrogen and oxygen atoms in total. The van der Waals surface area contributed by atoms with Gasteiger partial charge in [-0.1, -0.05) is 208 Å². The summed E-state index contributed by atoms with van der Waals surface area (Å²) in [5.41, 5.74) is 23.8. The van der Waals surface area contributed by atoms with Crippen molar-refractivity contribution in [3.8, 4) is 55.6 Å². The van der Waals surface area contributed by atoms with Crippen LogP contribution in [0.1, 0.15) is 47.2 Å². The molecule has 310 valence electrons. The number of thiophene rings is 1. The van der Waals surface area contributed by atoms with Crippen molar-refractivity contribution < 1.29 is 0 Å². The number of rotatable bonds is 5. The average molecular weight is 858 g/mol. The molecule has 66 heavy (non-hydrogen) atoms.